The van der Waals surface area contributed by atoms with Crippen molar-refractivity contribution in [3.63, 3.8) is 0 Å². The molecule has 0 aliphatic rings. The van der Waals surface area contributed by atoms with Gasteiger partial charge in [0.15, 0.2) is 10.7 Å². The molecule has 2 nitrogen and oxygen atoms in total. The highest BCUT2D eigenvalue weighted by Crippen LogP contribution is 2.05. The second-order valence-corrected chi connectivity index (χ2v) is 1.99. The van der Waals surface area contributed by atoms with Gasteiger partial charge in [-0.2, -0.15) is 0 Å². The number of hydrogen-bond acceptors (Lipinski definition) is 2. The van der Waals surface area contributed by atoms with Crippen LogP contribution in [0.3, 0.4) is 0 Å². The Morgan fingerprint density at radius 3 is 2.14 bits per heavy atom. The lowest BCUT2D eigenvalue weighted by Gasteiger charge is -1.85. The Kier molecular flexibility index (Phi) is 2.91. The molecule has 0 bridgehead atoms. The minimum Gasteiger partial charge on any atom is -0.228 e. The summed E-state index contributed by atoms with van der Waals surface area (Å²) < 4.78 is 30.7. The minimum atomic E-state index is -2.91. The van der Waals surface area contributed by atoms with Gasteiger partial charge in [0.05, 0.1) is 0 Å². The third-order valence-corrected chi connectivity index (χ3v) is 1.20. The van der Waals surface area contributed by atoms with E-state index in [1.165, 1.54) is 6.92 Å². The highest BCUT2D eigenvalue weighted by molar-refractivity contribution is 7.75. The highest BCUT2D eigenvalue weighted by Gasteiger charge is 2.04. The van der Waals surface area contributed by atoms with E-state index in [2.05, 4.69) is 0 Å². The van der Waals surface area contributed by atoms with Crippen molar-refractivity contribution >= 4 is 10.7 Å². The second-order valence-electron chi connectivity index (χ2n) is 0.987. The lowest BCUT2D eigenvalue weighted by molar-refractivity contribution is 0.521. The molecule has 0 fully saturated rings. The van der Waals surface area contributed by atoms with Crippen molar-refractivity contribution in [2.45, 2.75) is 13.3 Å². The standard InChI is InChI=1S/C3H6FO2S/c1-2-3(4)7(5)6/h7H,2H2,1H3. The van der Waals surface area contributed by atoms with Gasteiger partial charge in [-0.05, 0) is 6.42 Å². The zero-order valence-corrected chi connectivity index (χ0v) is 4.74. The van der Waals surface area contributed by atoms with Gasteiger partial charge in [-0.25, -0.2) is 12.8 Å². The summed E-state index contributed by atoms with van der Waals surface area (Å²) in [6.07, 6.45) is -0.0291. The normalized spacial score (nSPS) is 10.9. The summed E-state index contributed by atoms with van der Waals surface area (Å²) >= 11 is 0. The van der Waals surface area contributed by atoms with Crippen LogP contribution in [0.2, 0.25) is 0 Å². The first-order valence-corrected chi connectivity index (χ1v) is 3.02. The van der Waals surface area contributed by atoms with Gasteiger partial charge in [-0.3, -0.25) is 0 Å². The molecule has 0 atom stereocenters. The van der Waals surface area contributed by atoms with Gasteiger partial charge in [0.25, 0.3) is 5.50 Å². The van der Waals surface area contributed by atoms with Crippen LogP contribution in [0.25, 0.3) is 0 Å². The fraction of sp³-hybridized carbons (Fsp3) is 0.667. The molecule has 0 heterocycles. The molecule has 0 spiro atoms. The molecule has 43 valence electrons. The lowest BCUT2D eigenvalue weighted by atomic mass is 10.6. The van der Waals surface area contributed by atoms with E-state index in [1.54, 1.807) is 0 Å². The molecule has 0 unspecified atom stereocenters. The molecule has 0 saturated carbocycles. The molecule has 0 saturated heterocycles. The maximum Gasteiger partial charge on any atom is 0.255 e. The van der Waals surface area contributed by atoms with Crippen LogP contribution < -0.4 is 0 Å². The van der Waals surface area contributed by atoms with Crippen LogP contribution in [-0.4, -0.2) is 8.42 Å². The molecule has 0 N–H and O–H groups in total. The predicted molar refractivity (Wildman–Crippen MR) is 25.0 cm³/mol. The fourth-order valence-electron chi connectivity index (χ4n) is 0.129. The Morgan fingerprint density at radius 2 is 2.14 bits per heavy atom. The Morgan fingerprint density at radius 1 is 1.71 bits per heavy atom. The van der Waals surface area contributed by atoms with Crippen LogP contribution in [0.5, 0.6) is 0 Å². The van der Waals surface area contributed by atoms with Crippen molar-refractivity contribution in [2.75, 3.05) is 0 Å². The maximum atomic E-state index is 11.6. The van der Waals surface area contributed by atoms with Crippen molar-refractivity contribution in [2.24, 2.45) is 0 Å². The summed E-state index contributed by atoms with van der Waals surface area (Å²) in [5.74, 6) is 0. The molecule has 0 aliphatic carbocycles. The van der Waals surface area contributed by atoms with E-state index in [9.17, 15) is 12.8 Å². The quantitative estimate of drug-likeness (QED) is 0.544. The number of rotatable bonds is 2. The summed E-state index contributed by atoms with van der Waals surface area (Å²) in [4.78, 5) is 0. The summed E-state index contributed by atoms with van der Waals surface area (Å²) in [7, 11) is -2.91. The summed E-state index contributed by atoms with van der Waals surface area (Å²) in [6, 6.07) is 0. The largest absolute Gasteiger partial charge is 0.255 e. The second kappa shape index (κ2) is 2.96. The van der Waals surface area contributed by atoms with Gasteiger partial charge in [0.2, 0.25) is 0 Å². The van der Waals surface area contributed by atoms with Crippen LogP contribution in [0, 0.1) is 5.50 Å². The van der Waals surface area contributed by atoms with Gasteiger partial charge < -0.3 is 0 Å². The Bertz CT molecular complexity index is 102. The van der Waals surface area contributed by atoms with E-state index in [0.29, 0.717) is 0 Å². The number of hydrogen-bond donors (Lipinski definition) is 1. The first-order valence-electron chi connectivity index (χ1n) is 1.84. The zero-order chi connectivity index (χ0) is 5.86. The fourth-order valence-corrected chi connectivity index (χ4v) is 0.387. The minimum absolute atomic E-state index is 0.0291. The van der Waals surface area contributed by atoms with Gasteiger partial charge >= 0.3 is 0 Å². The smallest absolute Gasteiger partial charge is 0.228 e. The van der Waals surface area contributed by atoms with Crippen LogP contribution in [0.15, 0.2) is 0 Å². The van der Waals surface area contributed by atoms with Gasteiger partial charge in [-0.1, -0.05) is 6.92 Å². The molecule has 7 heavy (non-hydrogen) atoms. The average molecular weight is 125 g/mol. The maximum absolute atomic E-state index is 11.6. The monoisotopic (exact) mass is 125 g/mol. The summed E-state index contributed by atoms with van der Waals surface area (Å²) in [5, 5.41) is 0. The van der Waals surface area contributed by atoms with Crippen LogP contribution in [0.4, 0.5) is 4.39 Å². The van der Waals surface area contributed by atoms with Crippen LogP contribution in [-0.2, 0) is 10.7 Å². The van der Waals surface area contributed by atoms with Gasteiger partial charge in [0, 0.05) is 0 Å². The number of halogens is 1. The molecule has 0 aliphatic heterocycles. The Balaban J connectivity index is 3.57. The first kappa shape index (κ1) is 6.88. The third-order valence-electron chi connectivity index (χ3n) is 0.490. The molecule has 0 aromatic rings. The third kappa shape index (κ3) is 2.56. The molecule has 0 aromatic heterocycles. The summed E-state index contributed by atoms with van der Waals surface area (Å²) in [6.45, 7) is 1.44. The molecular formula is C3H6FO2S. The molecule has 0 rings (SSSR count). The van der Waals surface area contributed by atoms with Gasteiger partial charge in [0.1, 0.15) is 0 Å². The molecule has 1 radical (unpaired) electrons. The molecular weight excluding hydrogens is 119 g/mol. The van der Waals surface area contributed by atoms with E-state index in [4.69, 9.17) is 0 Å². The van der Waals surface area contributed by atoms with Crippen molar-refractivity contribution in [3.05, 3.63) is 5.50 Å². The predicted octanol–water partition coefficient (Wildman–Crippen LogP) is 0.467. The van der Waals surface area contributed by atoms with E-state index >= 15 is 0 Å². The van der Waals surface area contributed by atoms with Crippen LogP contribution in [0.1, 0.15) is 13.3 Å². The van der Waals surface area contributed by atoms with E-state index in [0.717, 1.165) is 0 Å². The first-order chi connectivity index (χ1) is 3.18. The van der Waals surface area contributed by atoms with Gasteiger partial charge in [-0.15, -0.1) is 0 Å². The SMILES string of the molecule is CC[C](F)[SH](=O)=O. The zero-order valence-electron chi connectivity index (χ0n) is 3.85. The van der Waals surface area contributed by atoms with Crippen molar-refractivity contribution in [1.29, 1.82) is 0 Å². The lowest BCUT2D eigenvalue weighted by Crippen LogP contribution is -1.86. The number of thiol groups is 1. The molecule has 4 heteroatoms. The Hall–Kier alpha value is -0.120. The van der Waals surface area contributed by atoms with E-state index in [-0.39, 0.29) is 6.42 Å². The van der Waals surface area contributed by atoms with Crippen LogP contribution >= 0.6 is 0 Å². The topological polar surface area (TPSA) is 34.1 Å². The highest BCUT2D eigenvalue weighted by atomic mass is 32.2. The van der Waals surface area contributed by atoms with E-state index < -0.39 is 16.2 Å². The van der Waals surface area contributed by atoms with Crippen molar-refractivity contribution in [1.82, 2.24) is 0 Å². The average Bonchev–Trinajstić information content (AvgIpc) is 1.65. The van der Waals surface area contributed by atoms with E-state index in [1.807, 2.05) is 0 Å². The summed E-state index contributed by atoms with van der Waals surface area (Å²) in [5.41, 5.74) is -0.949. The van der Waals surface area contributed by atoms with Crippen molar-refractivity contribution < 1.29 is 12.8 Å². The molecule has 0 amide bonds. The van der Waals surface area contributed by atoms with Crippen molar-refractivity contribution in [3.8, 4) is 0 Å². The Labute approximate surface area is 43.3 Å². The molecule has 0 aromatic carbocycles.